The van der Waals surface area contributed by atoms with Gasteiger partial charge in [0.15, 0.2) is 0 Å². The minimum Gasteiger partial charge on any atom is -0.421 e. The molecular formula is C9H8FN3O. The summed E-state index contributed by atoms with van der Waals surface area (Å²) in [6, 6.07) is 4.20. The topological polar surface area (TPSA) is 64.9 Å². The Bertz CT molecular complexity index is 467. The van der Waals surface area contributed by atoms with Crippen LogP contribution < -0.4 is 5.73 Å². The van der Waals surface area contributed by atoms with Crippen molar-refractivity contribution in [3.63, 3.8) is 0 Å². The molecule has 0 unspecified atom stereocenters. The standard InChI is InChI=1S/C9H8FN3O/c1-5-12-13-9(14-5)7-4-6(11)2-3-8(7)10/h2-4H,11H2,1H3. The summed E-state index contributed by atoms with van der Waals surface area (Å²) in [5, 5.41) is 7.32. The third kappa shape index (κ3) is 1.44. The molecule has 0 atom stereocenters. The molecule has 2 N–H and O–H groups in total. The molecule has 5 heteroatoms. The quantitative estimate of drug-likeness (QED) is 0.701. The summed E-state index contributed by atoms with van der Waals surface area (Å²) < 4.78 is 18.4. The van der Waals surface area contributed by atoms with Gasteiger partial charge >= 0.3 is 0 Å². The first kappa shape index (κ1) is 8.68. The fraction of sp³-hybridized carbons (Fsp3) is 0.111. The third-order valence-corrected chi connectivity index (χ3v) is 1.75. The lowest BCUT2D eigenvalue weighted by molar-refractivity contribution is 0.526. The third-order valence-electron chi connectivity index (χ3n) is 1.75. The monoisotopic (exact) mass is 193 g/mol. The molecule has 0 aliphatic heterocycles. The predicted octanol–water partition coefficient (Wildman–Crippen LogP) is 1.77. The van der Waals surface area contributed by atoms with Crippen molar-refractivity contribution in [3.05, 3.63) is 29.9 Å². The van der Waals surface area contributed by atoms with Crippen LogP contribution in [0.4, 0.5) is 10.1 Å². The maximum atomic E-state index is 13.3. The van der Waals surface area contributed by atoms with E-state index in [1.807, 2.05) is 0 Å². The van der Waals surface area contributed by atoms with Crippen molar-refractivity contribution in [2.75, 3.05) is 5.73 Å². The van der Waals surface area contributed by atoms with Crippen LogP contribution in [-0.2, 0) is 0 Å². The number of aryl methyl sites for hydroxylation is 1. The summed E-state index contributed by atoms with van der Waals surface area (Å²) >= 11 is 0. The van der Waals surface area contributed by atoms with Gasteiger partial charge in [-0.15, -0.1) is 10.2 Å². The van der Waals surface area contributed by atoms with E-state index >= 15 is 0 Å². The van der Waals surface area contributed by atoms with Crippen molar-refractivity contribution in [2.24, 2.45) is 0 Å². The summed E-state index contributed by atoms with van der Waals surface area (Å²) in [5.41, 5.74) is 6.20. The normalized spacial score (nSPS) is 10.4. The highest BCUT2D eigenvalue weighted by Gasteiger charge is 2.11. The molecule has 4 nitrogen and oxygen atoms in total. The van der Waals surface area contributed by atoms with Gasteiger partial charge in [-0.1, -0.05) is 0 Å². The second-order valence-electron chi connectivity index (χ2n) is 2.87. The van der Waals surface area contributed by atoms with E-state index in [1.54, 1.807) is 6.92 Å². The van der Waals surface area contributed by atoms with E-state index in [4.69, 9.17) is 10.2 Å². The number of anilines is 1. The predicted molar refractivity (Wildman–Crippen MR) is 48.8 cm³/mol. The molecule has 0 aliphatic rings. The van der Waals surface area contributed by atoms with Crippen LogP contribution in [0.5, 0.6) is 0 Å². The van der Waals surface area contributed by atoms with Crippen LogP contribution in [0.3, 0.4) is 0 Å². The molecule has 2 aromatic rings. The number of halogens is 1. The fourth-order valence-corrected chi connectivity index (χ4v) is 1.11. The minimum atomic E-state index is -0.428. The summed E-state index contributed by atoms with van der Waals surface area (Å²) in [4.78, 5) is 0. The Labute approximate surface area is 79.6 Å². The van der Waals surface area contributed by atoms with Gasteiger partial charge in [-0.2, -0.15) is 0 Å². The first-order chi connectivity index (χ1) is 6.66. The second kappa shape index (κ2) is 3.10. The maximum absolute atomic E-state index is 13.3. The molecule has 0 aliphatic carbocycles. The van der Waals surface area contributed by atoms with Gasteiger partial charge in [0.2, 0.25) is 5.89 Å². The van der Waals surface area contributed by atoms with E-state index in [1.165, 1.54) is 18.2 Å². The van der Waals surface area contributed by atoms with Crippen molar-refractivity contribution in [3.8, 4) is 11.5 Å². The molecule has 0 spiro atoms. The second-order valence-corrected chi connectivity index (χ2v) is 2.87. The smallest absolute Gasteiger partial charge is 0.250 e. The Balaban J connectivity index is 2.55. The Morgan fingerprint density at radius 1 is 1.36 bits per heavy atom. The zero-order chi connectivity index (χ0) is 10.1. The van der Waals surface area contributed by atoms with Gasteiger partial charge in [0.05, 0.1) is 5.56 Å². The van der Waals surface area contributed by atoms with Gasteiger partial charge in [-0.3, -0.25) is 0 Å². The number of rotatable bonds is 1. The molecule has 1 aromatic carbocycles. The first-order valence-corrected chi connectivity index (χ1v) is 4.02. The summed E-state index contributed by atoms with van der Waals surface area (Å²) in [6.45, 7) is 1.64. The van der Waals surface area contributed by atoms with E-state index < -0.39 is 5.82 Å². The van der Waals surface area contributed by atoms with Crippen molar-refractivity contribution < 1.29 is 8.81 Å². The van der Waals surface area contributed by atoms with Crippen LogP contribution in [0.25, 0.3) is 11.5 Å². The zero-order valence-corrected chi connectivity index (χ0v) is 7.49. The van der Waals surface area contributed by atoms with Crippen molar-refractivity contribution in [1.82, 2.24) is 10.2 Å². The van der Waals surface area contributed by atoms with Gasteiger partial charge in [-0.05, 0) is 18.2 Å². The van der Waals surface area contributed by atoms with Crippen molar-refractivity contribution in [1.29, 1.82) is 0 Å². The highest BCUT2D eigenvalue weighted by atomic mass is 19.1. The molecule has 0 radical (unpaired) electrons. The molecule has 72 valence electrons. The lowest BCUT2D eigenvalue weighted by Gasteiger charge is -1.98. The maximum Gasteiger partial charge on any atom is 0.250 e. The van der Waals surface area contributed by atoms with E-state index in [0.717, 1.165) is 0 Å². The lowest BCUT2D eigenvalue weighted by Crippen LogP contribution is -1.89. The number of nitrogens with two attached hydrogens (primary N) is 1. The van der Waals surface area contributed by atoms with E-state index in [2.05, 4.69) is 10.2 Å². The number of nitrogens with zero attached hydrogens (tertiary/aromatic N) is 2. The lowest BCUT2D eigenvalue weighted by atomic mass is 10.2. The van der Waals surface area contributed by atoms with Crippen molar-refractivity contribution >= 4 is 5.69 Å². The molecule has 0 saturated carbocycles. The van der Waals surface area contributed by atoms with Crippen LogP contribution in [0, 0.1) is 12.7 Å². The molecule has 1 aromatic heterocycles. The van der Waals surface area contributed by atoms with Crippen LogP contribution in [0.1, 0.15) is 5.89 Å². The Morgan fingerprint density at radius 3 is 2.79 bits per heavy atom. The highest BCUT2D eigenvalue weighted by Crippen LogP contribution is 2.23. The van der Waals surface area contributed by atoms with E-state index in [0.29, 0.717) is 11.6 Å². The Hall–Kier alpha value is -1.91. The summed E-state index contributed by atoms with van der Waals surface area (Å²) in [6.07, 6.45) is 0. The van der Waals surface area contributed by atoms with Gasteiger partial charge in [0.1, 0.15) is 5.82 Å². The van der Waals surface area contributed by atoms with Crippen LogP contribution in [0.2, 0.25) is 0 Å². The van der Waals surface area contributed by atoms with Crippen molar-refractivity contribution in [2.45, 2.75) is 6.92 Å². The van der Waals surface area contributed by atoms with E-state index in [-0.39, 0.29) is 11.5 Å². The van der Waals surface area contributed by atoms with Gasteiger partial charge in [0, 0.05) is 12.6 Å². The van der Waals surface area contributed by atoms with Crippen LogP contribution >= 0.6 is 0 Å². The number of hydrogen-bond acceptors (Lipinski definition) is 4. The number of aromatic nitrogens is 2. The SMILES string of the molecule is Cc1nnc(-c2cc(N)ccc2F)o1. The summed E-state index contributed by atoms with van der Waals surface area (Å²) in [7, 11) is 0. The van der Waals surface area contributed by atoms with E-state index in [9.17, 15) is 4.39 Å². The number of benzene rings is 1. The van der Waals surface area contributed by atoms with Crippen LogP contribution in [0.15, 0.2) is 22.6 Å². The molecule has 2 rings (SSSR count). The average Bonchev–Trinajstić information content (AvgIpc) is 2.56. The molecule has 0 bridgehead atoms. The zero-order valence-electron chi connectivity index (χ0n) is 7.49. The Kier molecular flexibility index (Phi) is 1.92. The van der Waals surface area contributed by atoms with Crippen LogP contribution in [-0.4, -0.2) is 10.2 Å². The van der Waals surface area contributed by atoms with Gasteiger partial charge < -0.3 is 10.2 Å². The molecule has 1 heterocycles. The van der Waals surface area contributed by atoms with Gasteiger partial charge in [0.25, 0.3) is 5.89 Å². The molecule has 0 amide bonds. The average molecular weight is 193 g/mol. The fourth-order valence-electron chi connectivity index (χ4n) is 1.11. The largest absolute Gasteiger partial charge is 0.421 e. The highest BCUT2D eigenvalue weighted by molar-refractivity contribution is 5.60. The molecule has 14 heavy (non-hydrogen) atoms. The number of nitrogen functional groups attached to an aromatic ring is 1. The first-order valence-electron chi connectivity index (χ1n) is 4.02. The Morgan fingerprint density at radius 2 is 2.14 bits per heavy atom. The number of hydrogen-bond donors (Lipinski definition) is 1. The molecule has 0 saturated heterocycles. The molecular weight excluding hydrogens is 185 g/mol. The minimum absolute atomic E-state index is 0.146. The molecule has 0 fully saturated rings. The summed E-state index contributed by atoms with van der Waals surface area (Å²) in [5.74, 6) is 0.108. The van der Waals surface area contributed by atoms with Gasteiger partial charge in [-0.25, -0.2) is 4.39 Å².